The number of fused-ring (bicyclic) bond motifs is 2. The third kappa shape index (κ3) is 9.12. The fraction of sp³-hybridized carbons (Fsp3) is 0.600. The van der Waals surface area contributed by atoms with Gasteiger partial charge in [-0.1, -0.05) is 62.4 Å². The molecule has 2 aromatic carbocycles. The number of thiazole rings is 1. The average Bonchev–Trinajstić information content (AvgIpc) is 3.64. The quantitative estimate of drug-likeness (QED) is 0.181. The summed E-state index contributed by atoms with van der Waals surface area (Å²) < 4.78 is 48.1. The molecule has 2 unspecified atom stereocenters. The van der Waals surface area contributed by atoms with Crippen molar-refractivity contribution in [2.45, 2.75) is 89.4 Å². The second kappa shape index (κ2) is 16.4. The van der Waals surface area contributed by atoms with E-state index in [1.807, 2.05) is 65.0 Å². The van der Waals surface area contributed by atoms with Crippen LogP contribution in [0.1, 0.15) is 53.0 Å². The van der Waals surface area contributed by atoms with Crippen LogP contribution in [0.3, 0.4) is 0 Å². The molecule has 0 amide bonds. The number of benzene rings is 2. The van der Waals surface area contributed by atoms with Gasteiger partial charge in [0.05, 0.1) is 46.8 Å². The fourth-order valence-corrected chi connectivity index (χ4v) is 9.32. The molecule has 2 saturated heterocycles. The van der Waals surface area contributed by atoms with Gasteiger partial charge >= 0.3 is 5.97 Å². The Morgan fingerprint density at radius 3 is 2.60 bits per heavy atom. The molecule has 0 saturated carbocycles. The molecule has 0 aliphatic carbocycles. The summed E-state index contributed by atoms with van der Waals surface area (Å²) in [6, 6.07) is 14.8. The van der Waals surface area contributed by atoms with Gasteiger partial charge in [-0.2, -0.15) is 4.31 Å². The maximum atomic E-state index is 14.1. The summed E-state index contributed by atoms with van der Waals surface area (Å²) in [6.45, 7) is 11.7. The molecule has 0 spiro atoms. The molecule has 13 heteroatoms. The van der Waals surface area contributed by atoms with Gasteiger partial charge < -0.3 is 30.0 Å². The number of esters is 1. The standard InChI is InChI=1S/C35H50N4O7S2/c1-6-36-28-21-45-34-33(28)30(14-15-44-34)46-32(41)17-25(16-24-10-8-7-9-11-24)29(40)20-39(19-22(2)3)48(42,43)26-12-13-27-31(18-26)47-35(38-27)37-23(4)5/h7-13,18,22-23,25,28-30,33-34,36,40H,6,14-17,19-21H2,1-5H3,(H,37,38)/t25-,28?,29-,30+,33?,34+/m1/s1. The highest BCUT2D eigenvalue weighted by Crippen LogP contribution is 2.34. The second-order valence-electron chi connectivity index (χ2n) is 13.5. The number of carbonyl (C=O) groups excluding carboxylic acids is 1. The molecule has 48 heavy (non-hydrogen) atoms. The van der Waals surface area contributed by atoms with E-state index in [9.17, 15) is 18.3 Å². The molecule has 0 bridgehead atoms. The zero-order valence-electron chi connectivity index (χ0n) is 28.5. The van der Waals surface area contributed by atoms with Crippen molar-refractivity contribution >= 4 is 42.7 Å². The van der Waals surface area contributed by atoms with E-state index in [1.54, 1.807) is 18.2 Å². The van der Waals surface area contributed by atoms with Crippen LogP contribution in [-0.2, 0) is 35.4 Å². The van der Waals surface area contributed by atoms with Gasteiger partial charge in [-0.05, 0) is 56.5 Å². The number of hydrogen-bond acceptors (Lipinski definition) is 11. The Morgan fingerprint density at radius 2 is 1.90 bits per heavy atom. The van der Waals surface area contributed by atoms with E-state index in [0.29, 0.717) is 26.1 Å². The number of ether oxygens (including phenoxy) is 3. The highest BCUT2D eigenvalue weighted by molar-refractivity contribution is 7.89. The smallest absolute Gasteiger partial charge is 0.306 e. The summed E-state index contributed by atoms with van der Waals surface area (Å²) in [5.41, 5.74) is 1.66. The molecule has 6 atom stereocenters. The highest BCUT2D eigenvalue weighted by Gasteiger charge is 2.47. The van der Waals surface area contributed by atoms with Crippen LogP contribution in [0.5, 0.6) is 0 Å². The summed E-state index contributed by atoms with van der Waals surface area (Å²) in [5, 5.41) is 19.2. The molecular formula is C35H50N4O7S2. The molecular weight excluding hydrogens is 653 g/mol. The Morgan fingerprint density at radius 1 is 1.12 bits per heavy atom. The SMILES string of the molecule is CCNC1CO[C@@H]2OCC[C@H](OC(=O)C[C@@H](Cc3ccccc3)[C@H](O)CN(CC(C)C)S(=O)(=O)c3ccc4nc(NC(C)C)sc4c3)C12. The third-order valence-electron chi connectivity index (χ3n) is 8.76. The summed E-state index contributed by atoms with van der Waals surface area (Å²) in [5.74, 6) is -1.14. The van der Waals surface area contributed by atoms with E-state index in [0.717, 1.165) is 27.5 Å². The number of sulfonamides is 1. The monoisotopic (exact) mass is 702 g/mol. The zero-order chi connectivity index (χ0) is 34.4. The third-order valence-corrected chi connectivity index (χ3v) is 11.5. The molecule has 2 aliphatic heterocycles. The predicted octanol–water partition coefficient (Wildman–Crippen LogP) is 4.66. The van der Waals surface area contributed by atoms with Crippen molar-refractivity contribution in [2.75, 3.05) is 38.2 Å². The lowest BCUT2D eigenvalue weighted by Crippen LogP contribution is -2.49. The summed E-state index contributed by atoms with van der Waals surface area (Å²) in [7, 11) is -3.99. The number of carbonyl (C=O) groups is 1. The predicted molar refractivity (Wildman–Crippen MR) is 187 cm³/mol. The molecule has 264 valence electrons. The van der Waals surface area contributed by atoms with Gasteiger partial charge in [-0.15, -0.1) is 0 Å². The van der Waals surface area contributed by atoms with Crippen molar-refractivity contribution in [3.63, 3.8) is 0 Å². The van der Waals surface area contributed by atoms with E-state index < -0.39 is 34.3 Å². The van der Waals surface area contributed by atoms with E-state index >= 15 is 0 Å². The lowest BCUT2D eigenvalue weighted by atomic mass is 9.89. The summed E-state index contributed by atoms with van der Waals surface area (Å²) in [4.78, 5) is 18.3. The number of aromatic nitrogens is 1. The van der Waals surface area contributed by atoms with Crippen molar-refractivity contribution in [3.8, 4) is 0 Å². The first-order chi connectivity index (χ1) is 22.9. The van der Waals surface area contributed by atoms with Gasteiger partial charge in [-0.3, -0.25) is 4.79 Å². The van der Waals surface area contributed by atoms with Crippen molar-refractivity contribution in [3.05, 3.63) is 54.1 Å². The van der Waals surface area contributed by atoms with E-state index in [4.69, 9.17) is 14.2 Å². The molecule has 2 aliphatic rings. The van der Waals surface area contributed by atoms with E-state index in [2.05, 4.69) is 15.6 Å². The van der Waals surface area contributed by atoms with Crippen LogP contribution in [0.4, 0.5) is 5.13 Å². The lowest BCUT2D eigenvalue weighted by molar-refractivity contribution is -0.196. The Hall–Kier alpha value is -2.65. The first-order valence-corrected chi connectivity index (χ1v) is 19.3. The molecule has 1 aromatic heterocycles. The Bertz CT molecular complexity index is 1600. The van der Waals surface area contributed by atoms with Gasteiger partial charge in [0.25, 0.3) is 0 Å². The molecule has 3 aromatic rings. The molecule has 3 N–H and O–H groups in total. The molecule has 3 heterocycles. The van der Waals surface area contributed by atoms with Crippen LogP contribution in [-0.4, -0.2) is 92.2 Å². The van der Waals surface area contributed by atoms with Crippen LogP contribution in [0, 0.1) is 17.8 Å². The average molecular weight is 703 g/mol. The largest absolute Gasteiger partial charge is 0.462 e. The maximum absolute atomic E-state index is 14.1. The minimum Gasteiger partial charge on any atom is -0.462 e. The molecule has 2 fully saturated rings. The topological polar surface area (TPSA) is 139 Å². The van der Waals surface area contributed by atoms with Crippen LogP contribution < -0.4 is 10.6 Å². The number of aliphatic hydroxyl groups excluding tert-OH is 1. The number of anilines is 1. The van der Waals surface area contributed by atoms with E-state index in [-0.39, 0.29) is 54.4 Å². The Kier molecular flexibility index (Phi) is 12.5. The van der Waals surface area contributed by atoms with Crippen molar-refractivity contribution < 1.29 is 32.5 Å². The minimum atomic E-state index is -3.99. The van der Waals surface area contributed by atoms with E-state index in [1.165, 1.54) is 15.6 Å². The lowest BCUT2D eigenvalue weighted by Gasteiger charge is -2.35. The number of aliphatic hydroxyl groups is 1. The van der Waals surface area contributed by atoms with Crippen LogP contribution in [0.2, 0.25) is 0 Å². The van der Waals surface area contributed by atoms with Crippen LogP contribution in [0.25, 0.3) is 10.2 Å². The molecule has 11 nitrogen and oxygen atoms in total. The fourth-order valence-electron chi connectivity index (χ4n) is 6.54. The number of rotatable bonds is 16. The maximum Gasteiger partial charge on any atom is 0.306 e. The zero-order valence-corrected chi connectivity index (χ0v) is 30.1. The number of likely N-dealkylation sites (N-methyl/N-ethyl adjacent to an activating group) is 1. The van der Waals surface area contributed by atoms with Crippen molar-refractivity contribution in [1.82, 2.24) is 14.6 Å². The number of nitrogens with one attached hydrogen (secondary N) is 2. The normalized spacial score (nSPS) is 22.7. The van der Waals surface area contributed by atoms with Gasteiger partial charge in [0.1, 0.15) is 6.10 Å². The first kappa shape index (κ1) is 36.6. The molecule has 0 radical (unpaired) electrons. The van der Waals surface area contributed by atoms with Crippen LogP contribution >= 0.6 is 11.3 Å². The van der Waals surface area contributed by atoms with Gasteiger partial charge in [0.2, 0.25) is 10.0 Å². The second-order valence-corrected chi connectivity index (χ2v) is 16.5. The first-order valence-electron chi connectivity index (χ1n) is 17.0. The Labute approximate surface area is 288 Å². The van der Waals surface area contributed by atoms with Gasteiger partial charge in [-0.25, -0.2) is 13.4 Å². The molecule has 5 rings (SSSR count). The summed E-state index contributed by atoms with van der Waals surface area (Å²) in [6.07, 6.45) is -1.06. The van der Waals surface area contributed by atoms with Crippen LogP contribution in [0.15, 0.2) is 53.4 Å². The van der Waals surface area contributed by atoms with Crippen molar-refractivity contribution in [2.24, 2.45) is 17.8 Å². The number of hydrogen-bond donors (Lipinski definition) is 3. The number of nitrogens with zero attached hydrogens (tertiary/aromatic N) is 2. The highest BCUT2D eigenvalue weighted by atomic mass is 32.2. The minimum absolute atomic E-state index is 0.00161. The summed E-state index contributed by atoms with van der Waals surface area (Å²) >= 11 is 1.41. The Balaban J connectivity index is 1.35. The van der Waals surface area contributed by atoms with Gasteiger partial charge in [0.15, 0.2) is 11.4 Å². The van der Waals surface area contributed by atoms with Gasteiger partial charge in [0, 0.05) is 37.5 Å². The van der Waals surface area contributed by atoms with Crippen molar-refractivity contribution in [1.29, 1.82) is 0 Å².